The van der Waals surface area contributed by atoms with Crippen molar-refractivity contribution in [3.63, 3.8) is 0 Å². The monoisotopic (exact) mass is 567 g/mol. The Morgan fingerprint density at radius 2 is 1.88 bits per heavy atom. The number of rotatable bonds is 7. The minimum atomic E-state index is -0.0981. The Morgan fingerprint density at radius 3 is 2.59 bits per heavy atom. The van der Waals surface area contributed by atoms with Gasteiger partial charge in [-0.2, -0.15) is 10.1 Å². The topological polar surface area (TPSA) is 106 Å². The summed E-state index contributed by atoms with van der Waals surface area (Å²) in [6, 6.07) is 11.6. The van der Waals surface area contributed by atoms with Crippen LogP contribution in [-0.2, 0) is 13.6 Å². The van der Waals surface area contributed by atoms with Crippen LogP contribution in [0.5, 0.6) is 0 Å². The quantitative estimate of drug-likeness (QED) is 0.297. The van der Waals surface area contributed by atoms with E-state index in [-0.39, 0.29) is 5.56 Å². The number of hydrogen-bond acceptors (Lipinski definition) is 8. The standard InChI is InChI=1S/C30H30ClN9O/c1-38-18-22(16-35-38)20-4-6-26(33-14-20)24-12-21-15-34-30(37-28(21)40(29(24)41)17-19-2-3-19)36-23-5-7-27(25(31)13-23)39-10-8-32-9-11-39/h4-7,12-16,18-19,32H,2-3,8-11,17H2,1H3,(H,34,36,37). The molecular formula is C30H30ClN9O. The number of nitrogens with one attached hydrogen (secondary N) is 2. The molecular weight excluding hydrogens is 538 g/mol. The fourth-order valence-corrected chi connectivity index (χ4v) is 5.60. The van der Waals surface area contributed by atoms with E-state index >= 15 is 0 Å². The second kappa shape index (κ2) is 10.6. The molecule has 10 nitrogen and oxygen atoms in total. The zero-order chi connectivity index (χ0) is 27.9. The summed E-state index contributed by atoms with van der Waals surface area (Å²) in [6.45, 7) is 4.35. The van der Waals surface area contributed by atoms with Crippen molar-refractivity contribution in [2.75, 3.05) is 36.4 Å². The fourth-order valence-electron chi connectivity index (χ4n) is 5.30. The molecule has 0 radical (unpaired) electrons. The minimum Gasteiger partial charge on any atom is -0.368 e. The first-order valence-corrected chi connectivity index (χ1v) is 14.3. The molecule has 1 aliphatic heterocycles. The lowest BCUT2D eigenvalue weighted by Gasteiger charge is -2.30. The molecule has 0 bridgehead atoms. The maximum Gasteiger partial charge on any atom is 0.261 e. The summed E-state index contributed by atoms with van der Waals surface area (Å²) in [5, 5.41) is 12.3. The van der Waals surface area contributed by atoms with E-state index in [0.29, 0.717) is 40.3 Å². The lowest BCUT2D eigenvalue weighted by molar-refractivity contribution is 0.589. The largest absolute Gasteiger partial charge is 0.368 e. The third kappa shape index (κ3) is 5.28. The predicted molar refractivity (Wildman–Crippen MR) is 162 cm³/mol. The van der Waals surface area contributed by atoms with Crippen molar-refractivity contribution in [2.45, 2.75) is 19.4 Å². The van der Waals surface area contributed by atoms with E-state index in [4.69, 9.17) is 16.6 Å². The molecule has 7 rings (SSSR count). The summed E-state index contributed by atoms with van der Waals surface area (Å²) < 4.78 is 3.54. The molecule has 41 heavy (non-hydrogen) atoms. The molecule has 1 saturated heterocycles. The highest BCUT2D eigenvalue weighted by molar-refractivity contribution is 6.33. The van der Waals surface area contributed by atoms with E-state index in [1.807, 2.05) is 49.6 Å². The second-order valence-corrected chi connectivity index (χ2v) is 11.2. The van der Waals surface area contributed by atoms with Crippen LogP contribution in [0.3, 0.4) is 0 Å². The Balaban J connectivity index is 1.21. The van der Waals surface area contributed by atoms with Gasteiger partial charge in [0.25, 0.3) is 5.56 Å². The Kier molecular flexibility index (Phi) is 6.64. The highest BCUT2D eigenvalue weighted by Gasteiger charge is 2.25. The Labute approximate surface area is 242 Å². The molecule has 2 aliphatic rings. The fraction of sp³-hybridized carbons (Fsp3) is 0.300. The van der Waals surface area contributed by atoms with Crippen LogP contribution < -0.4 is 21.1 Å². The number of piperazine rings is 1. The molecule has 0 unspecified atom stereocenters. The zero-order valence-electron chi connectivity index (χ0n) is 22.7. The molecule has 4 aromatic heterocycles. The number of aromatic nitrogens is 6. The lowest BCUT2D eigenvalue weighted by atomic mass is 10.1. The van der Waals surface area contributed by atoms with Crippen LogP contribution in [-0.4, -0.2) is 55.5 Å². The van der Waals surface area contributed by atoms with Crippen molar-refractivity contribution in [3.05, 3.63) is 76.6 Å². The maximum atomic E-state index is 13.8. The van der Waals surface area contributed by atoms with Gasteiger partial charge in [0.2, 0.25) is 5.95 Å². The summed E-state index contributed by atoms with van der Waals surface area (Å²) in [7, 11) is 1.88. The van der Waals surface area contributed by atoms with Crippen molar-refractivity contribution in [2.24, 2.45) is 13.0 Å². The van der Waals surface area contributed by atoms with E-state index in [1.165, 1.54) is 0 Å². The van der Waals surface area contributed by atoms with E-state index in [0.717, 1.165) is 66.9 Å². The second-order valence-electron chi connectivity index (χ2n) is 10.8. The van der Waals surface area contributed by atoms with Gasteiger partial charge in [0.1, 0.15) is 5.65 Å². The summed E-state index contributed by atoms with van der Waals surface area (Å²) in [6.07, 6.45) is 9.51. The number of pyridine rings is 2. The summed E-state index contributed by atoms with van der Waals surface area (Å²) in [5.74, 6) is 0.897. The van der Waals surface area contributed by atoms with Crippen LogP contribution >= 0.6 is 11.6 Å². The molecule has 1 aliphatic carbocycles. The molecule has 0 atom stereocenters. The van der Waals surface area contributed by atoms with Gasteiger partial charge in [-0.05, 0) is 49.1 Å². The van der Waals surface area contributed by atoms with Gasteiger partial charge in [-0.3, -0.25) is 19.0 Å². The number of aryl methyl sites for hydroxylation is 1. The number of nitrogens with zero attached hydrogens (tertiary/aromatic N) is 7. The molecule has 2 N–H and O–H groups in total. The van der Waals surface area contributed by atoms with E-state index < -0.39 is 0 Å². The van der Waals surface area contributed by atoms with Crippen LogP contribution in [0.15, 0.2) is 66.0 Å². The normalized spacial score (nSPS) is 15.4. The third-order valence-corrected chi connectivity index (χ3v) is 8.01. The van der Waals surface area contributed by atoms with Crippen LogP contribution in [0, 0.1) is 5.92 Å². The van der Waals surface area contributed by atoms with Gasteiger partial charge in [0, 0.05) is 80.6 Å². The number of anilines is 3. The molecule has 1 aromatic carbocycles. The molecule has 11 heteroatoms. The van der Waals surface area contributed by atoms with Gasteiger partial charge in [-0.25, -0.2) is 4.98 Å². The average Bonchev–Trinajstić information content (AvgIpc) is 3.71. The Bertz CT molecular complexity index is 1790. The number of hydrogen-bond donors (Lipinski definition) is 2. The van der Waals surface area contributed by atoms with E-state index in [1.54, 1.807) is 27.8 Å². The first kappa shape index (κ1) is 25.7. The van der Waals surface area contributed by atoms with Crippen molar-refractivity contribution < 1.29 is 0 Å². The predicted octanol–water partition coefficient (Wildman–Crippen LogP) is 4.47. The van der Waals surface area contributed by atoms with Crippen LogP contribution in [0.25, 0.3) is 33.4 Å². The first-order chi connectivity index (χ1) is 20.0. The highest BCUT2D eigenvalue weighted by Crippen LogP contribution is 2.33. The maximum absolute atomic E-state index is 13.8. The third-order valence-electron chi connectivity index (χ3n) is 7.70. The van der Waals surface area contributed by atoms with Gasteiger partial charge in [-0.15, -0.1) is 0 Å². The van der Waals surface area contributed by atoms with Crippen LogP contribution in [0.4, 0.5) is 17.3 Å². The summed E-state index contributed by atoms with van der Waals surface area (Å²) in [4.78, 5) is 30.1. The summed E-state index contributed by atoms with van der Waals surface area (Å²) in [5.41, 5.74) is 5.40. The smallest absolute Gasteiger partial charge is 0.261 e. The molecule has 5 heterocycles. The molecule has 0 amide bonds. The van der Waals surface area contributed by atoms with Crippen molar-refractivity contribution in [1.29, 1.82) is 0 Å². The Hall–Kier alpha value is -4.28. The van der Waals surface area contributed by atoms with E-state index in [9.17, 15) is 4.79 Å². The van der Waals surface area contributed by atoms with Crippen LogP contribution in [0.2, 0.25) is 5.02 Å². The molecule has 0 spiro atoms. The van der Waals surface area contributed by atoms with Crippen molar-refractivity contribution in [1.82, 2.24) is 34.6 Å². The van der Waals surface area contributed by atoms with Gasteiger partial charge in [0.05, 0.1) is 28.2 Å². The zero-order valence-corrected chi connectivity index (χ0v) is 23.5. The molecule has 1 saturated carbocycles. The molecule has 5 aromatic rings. The minimum absolute atomic E-state index is 0.0981. The van der Waals surface area contributed by atoms with Gasteiger partial charge in [0.15, 0.2) is 0 Å². The first-order valence-electron chi connectivity index (χ1n) is 13.9. The number of fused-ring (bicyclic) bond motifs is 1. The SMILES string of the molecule is Cn1cc(-c2ccc(-c3cc4cnc(Nc5ccc(N6CCNCC6)c(Cl)c5)nc4n(CC4CC4)c3=O)nc2)cn1. The van der Waals surface area contributed by atoms with Crippen molar-refractivity contribution >= 4 is 40.0 Å². The highest BCUT2D eigenvalue weighted by atomic mass is 35.5. The van der Waals surface area contributed by atoms with Gasteiger partial charge >= 0.3 is 0 Å². The van der Waals surface area contributed by atoms with E-state index in [2.05, 4.69) is 30.6 Å². The number of halogens is 1. The van der Waals surface area contributed by atoms with Crippen molar-refractivity contribution in [3.8, 4) is 22.4 Å². The van der Waals surface area contributed by atoms with Gasteiger partial charge < -0.3 is 15.5 Å². The molecule has 2 fully saturated rings. The molecule has 208 valence electrons. The Morgan fingerprint density at radius 1 is 1.02 bits per heavy atom. The summed E-state index contributed by atoms with van der Waals surface area (Å²) >= 11 is 6.66. The lowest BCUT2D eigenvalue weighted by Crippen LogP contribution is -2.43. The number of benzene rings is 1. The van der Waals surface area contributed by atoms with Gasteiger partial charge in [-0.1, -0.05) is 17.7 Å². The van der Waals surface area contributed by atoms with Crippen LogP contribution in [0.1, 0.15) is 12.8 Å². The average molecular weight is 568 g/mol.